The standard InChI is InChI=1S/C15H24N2O/c1-4-18-14-7-5-6-13(10-14)17-9-8-16-11-15(17)12(2)3/h5-7,10,12,15-16H,4,8-9,11H2,1-3H3. The van der Waals surface area contributed by atoms with Gasteiger partial charge in [-0.25, -0.2) is 0 Å². The maximum atomic E-state index is 5.59. The first-order chi connectivity index (χ1) is 8.72. The minimum atomic E-state index is 0.565. The Kier molecular flexibility index (Phi) is 4.48. The van der Waals surface area contributed by atoms with Crippen LogP contribution in [-0.4, -0.2) is 32.3 Å². The molecule has 100 valence electrons. The van der Waals surface area contributed by atoms with E-state index >= 15 is 0 Å². The average molecular weight is 248 g/mol. The topological polar surface area (TPSA) is 24.5 Å². The zero-order valence-corrected chi connectivity index (χ0v) is 11.6. The Labute approximate surface area is 110 Å². The highest BCUT2D eigenvalue weighted by atomic mass is 16.5. The maximum absolute atomic E-state index is 5.59. The largest absolute Gasteiger partial charge is 0.494 e. The molecule has 1 fully saturated rings. The van der Waals surface area contributed by atoms with E-state index in [2.05, 4.69) is 42.3 Å². The first kappa shape index (κ1) is 13.2. The van der Waals surface area contributed by atoms with Crippen LogP contribution in [0.1, 0.15) is 20.8 Å². The van der Waals surface area contributed by atoms with E-state index in [0.717, 1.165) is 32.0 Å². The fourth-order valence-electron chi connectivity index (χ4n) is 2.56. The molecule has 1 aliphatic rings. The quantitative estimate of drug-likeness (QED) is 0.886. The number of hydrogen-bond donors (Lipinski definition) is 1. The number of rotatable bonds is 4. The molecule has 18 heavy (non-hydrogen) atoms. The highest BCUT2D eigenvalue weighted by molar-refractivity contribution is 5.52. The third-order valence-corrected chi connectivity index (χ3v) is 3.51. The molecule has 1 aliphatic heterocycles. The molecular weight excluding hydrogens is 224 g/mol. The van der Waals surface area contributed by atoms with Crippen molar-refractivity contribution in [3.05, 3.63) is 24.3 Å². The molecule has 0 amide bonds. The normalized spacial score (nSPS) is 20.2. The Hall–Kier alpha value is -1.22. The zero-order chi connectivity index (χ0) is 13.0. The molecule has 1 unspecified atom stereocenters. The molecule has 3 heteroatoms. The lowest BCUT2D eigenvalue weighted by Crippen LogP contribution is -2.53. The Morgan fingerprint density at radius 3 is 3.00 bits per heavy atom. The van der Waals surface area contributed by atoms with Gasteiger partial charge >= 0.3 is 0 Å². The number of hydrogen-bond acceptors (Lipinski definition) is 3. The van der Waals surface area contributed by atoms with Crippen molar-refractivity contribution in [3.8, 4) is 5.75 Å². The van der Waals surface area contributed by atoms with Crippen LogP contribution in [0, 0.1) is 5.92 Å². The molecule has 1 atom stereocenters. The summed E-state index contributed by atoms with van der Waals surface area (Å²) in [5.74, 6) is 1.62. The van der Waals surface area contributed by atoms with Gasteiger partial charge in [-0.3, -0.25) is 0 Å². The van der Waals surface area contributed by atoms with Crippen LogP contribution in [0.5, 0.6) is 5.75 Å². The van der Waals surface area contributed by atoms with Crippen LogP contribution < -0.4 is 15.0 Å². The van der Waals surface area contributed by atoms with E-state index in [0.29, 0.717) is 12.0 Å². The van der Waals surface area contributed by atoms with E-state index in [1.165, 1.54) is 5.69 Å². The van der Waals surface area contributed by atoms with Gasteiger partial charge in [0.15, 0.2) is 0 Å². The number of nitrogens with one attached hydrogen (secondary N) is 1. The summed E-state index contributed by atoms with van der Waals surface area (Å²) in [6, 6.07) is 9.02. The maximum Gasteiger partial charge on any atom is 0.121 e. The summed E-state index contributed by atoms with van der Waals surface area (Å²) in [7, 11) is 0. The molecule has 0 aromatic heterocycles. The first-order valence-electron chi connectivity index (χ1n) is 6.92. The predicted octanol–water partition coefficient (Wildman–Crippen LogP) is 2.52. The van der Waals surface area contributed by atoms with Crippen molar-refractivity contribution in [1.29, 1.82) is 0 Å². The summed E-state index contributed by atoms with van der Waals surface area (Å²) in [6.07, 6.45) is 0. The summed E-state index contributed by atoms with van der Waals surface area (Å²) in [5.41, 5.74) is 1.28. The van der Waals surface area contributed by atoms with E-state index in [-0.39, 0.29) is 0 Å². The highest BCUT2D eigenvalue weighted by Gasteiger charge is 2.25. The Morgan fingerprint density at radius 1 is 1.44 bits per heavy atom. The molecule has 1 N–H and O–H groups in total. The zero-order valence-electron chi connectivity index (χ0n) is 11.6. The molecule has 1 heterocycles. The lowest BCUT2D eigenvalue weighted by atomic mass is 10.00. The van der Waals surface area contributed by atoms with Gasteiger partial charge in [-0.05, 0) is 25.0 Å². The van der Waals surface area contributed by atoms with Gasteiger partial charge in [0.05, 0.1) is 6.61 Å². The molecule has 0 aliphatic carbocycles. The van der Waals surface area contributed by atoms with Gasteiger partial charge < -0.3 is 15.0 Å². The minimum Gasteiger partial charge on any atom is -0.494 e. The van der Waals surface area contributed by atoms with Crippen LogP contribution >= 0.6 is 0 Å². The predicted molar refractivity (Wildman–Crippen MR) is 76.5 cm³/mol. The monoisotopic (exact) mass is 248 g/mol. The summed E-state index contributed by atoms with van der Waals surface area (Å²) in [4.78, 5) is 2.50. The van der Waals surface area contributed by atoms with E-state index in [1.54, 1.807) is 0 Å². The molecule has 1 aromatic rings. The molecule has 0 saturated carbocycles. The smallest absolute Gasteiger partial charge is 0.121 e. The molecule has 1 aromatic carbocycles. The molecule has 3 nitrogen and oxygen atoms in total. The van der Waals surface area contributed by atoms with Crippen molar-refractivity contribution >= 4 is 5.69 Å². The number of ether oxygens (including phenoxy) is 1. The van der Waals surface area contributed by atoms with Crippen molar-refractivity contribution in [1.82, 2.24) is 5.32 Å². The molecule has 0 spiro atoms. The van der Waals surface area contributed by atoms with Crippen molar-refractivity contribution in [2.75, 3.05) is 31.1 Å². The van der Waals surface area contributed by atoms with Crippen molar-refractivity contribution < 1.29 is 4.74 Å². The van der Waals surface area contributed by atoms with Crippen molar-refractivity contribution in [3.63, 3.8) is 0 Å². The van der Waals surface area contributed by atoms with Gasteiger partial charge in [-0.1, -0.05) is 19.9 Å². The number of anilines is 1. The van der Waals surface area contributed by atoms with Gasteiger partial charge in [0.2, 0.25) is 0 Å². The molecule has 1 saturated heterocycles. The van der Waals surface area contributed by atoms with E-state index in [4.69, 9.17) is 4.74 Å². The van der Waals surface area contributed by atoms with Crippen molar-refractivity contribution in [2.45, 2.75) is 26.8 Å². The summed E-state index contributed by atoms with van der Waals surface area (Å²) in [5, 5.41) is 3.48. The van der Waals surface area contributed by atoms with Crippen LogP contribution in [0.4, 0.5) is 5.69 Å². The van der Waals surface area contributed by atoms with Gasteiger partial charge in [0.1, 0.15) is 5.75 Å². The van der Waals surface area contributed by atoms with Gasteiger partial charge in [0.25, 0.3) is 0 Å². The third kappa shape index (κ3) is 2.96. The average Bonchev–Trinajstić information content (AvgIpc) is 2.39. The van der Waals surface area contributed by atoms with Gasteiger partial charge in [-0.2, -0.15) is 0 Å². The number of benzene rings is 1. The molecule has 2 rings (SSSR count). The Balaban J connectivity index is 2.19. The van der Waals surface area contributed by atoms with Gasteiger partial charge in [0, 0.05) is 37.4 Å². The summed E-state index contributed by atoms with van der Waals surface area (Å²) >= 11 is 0. The second kappa shape index (κ2) is 6.10. The van der Waals surface area contributed by atoms with E-state index in [9.17, 15) is 0 Å². The third-order valence-electron chi connectivity index (χ3n) is 3.51. The van der Waals surface area contributed by atoms with Gasteiger partial charge in [-0.15, -0.1) is 0 Å². The number of nitrogens with zero attached hydrogens (tertiary/aromatic N) is 1. The van der Waals surface area contributed by atoms with Crippen LogP contribution in [0.25, 0.3) is 0 Å². The Morgan fingerprint density at radius 2 is 2.28 bits per heavy atom. The second-order valence-electron chi connectivity index (χ2n) is 5.14. The Bertz CT molecular complexity index is 379. The van der Waals surface area contributed by atoms with Crippen LogP contribution in [0.3, 0.4) is 0 Å². The van der Waals surface area contributed by atoms with E-state index < -0.39 is 0 Å². The second-order valence-corrected chi connectivity index (χ2v) is 5.14. The fourth-order valence-corrected chi connectivity index (χ4v) is 2.56. The first-order valence-corrected chi connectivity index (χ1v) is 6.92. The molecular formula is C15H24N2O. The SMILES string of the molecule is CCOc1cccc(N2CCNCC2C(C)C)c1. The lowest BCUT2D eigenvalue weighted by molar-refractivity contribution is 0.339. The van der Waals surface area contributed by atoms with Crippen LogP contribution in [0.15, 0.2) is 24.3 Å². The number of piperazine rings is 1. The highest BCUT2D eigenvalue weighted by Crippen LogP contribution is 2.26. The fraction of sp³-hybridized carbons (Fsp3) is 0.600. The van der Waals surface area contributed by atoms with Crippen molar-refractivity contribution in [2.24, 2.45) is 5.92 Å². The van der Waals surface area contributed by atoms with E-state index in [1.807, 2.05) is 13.0 Å². The molecule has 0 bridgehead atoms. The molecule has 0 radical (unpaired) electrons. The minimum absolute atomic E-state index is 0.565. The lowest BCUT2D eigenvalue weighted by Gasteiger charge is -2.40. The van der Waals surface area contributed by atoms with Crippen LogP contribution in [-0.2, 0) is 0 Å². The summed E-state index contributed by atoms with van der Waals surface area (Å²) in [6.45, 7) is 10.5. The van der Waals surface area contributed by atoms with Crippen LogP contribution in [0.2, 0.25) is 0 Å². The summed E-state index contributed by atoms with van der Waals surface area (Å²) < 4.78 is 5.59.